The van der Waals surface area contributed by atoms with Crippen LogP contribution in [-0.2, 0) is 9.84 Å². The van der Waals surface area contributed by atoms with Crippen molar-refractivity contribution in [2.24, 2.45) is 0 Å². The Hall–Kier alpha value is -1.09. The van der Waals surface area contributed by atoms with E-state index < -0.39 is 9.84 Å². The van der Waals surface area contributed by atoms with Gasteiger partial charge in [-0.25, -0.2) is 8.42 Å². The highest BCUT2D eigenvalue weighted by Crippen LogP contribution is 1.97. The summed E-state index contributed by atoms with van der Waals surface area (Å²) in [6.07, 6.45) is 6.17. The Balaban J connectivity index is 4.34. The van der Waals surface area contributed by atoms with Gasteiger partial charge in [-0.2, -0.15) is 0 Å². The molecule has 0 aliphatic rings. The van der Waals surface area contributed by atoms with Gasteiger partial charge < -0.3 is 0 Å². The lowest BCUT2D eigenvalue weighted by molar-refractivity contribution is 0.607. The molecule has 0 saturated heterocycles. The van der Waals surface area contributed by atoms with Crippen LogP contribution in [0.3, 0.4) is 0 Å². The molecular formula is C10H14O2S. The van der Waals surface area contributed by atoms with Crippen LogP contribution in [0.5, 0.6) is 0 Å². The van der Waals surface area contributed by atoms with Gasteiger partial charge in [0.25, 0.3) is 0 Å². The summed E-state index contributed by atoms with van der Waals surface area (Å²) in [6.45, 7) is 8.75. The van der Waals surface area contributed by atoms with E-state index in [1.165, 1.54) is 17.6 Å². The first-order valence-electron chi connectivity index (χ1n) is 3.82. The van der Waals surface area contributed by atoms with Crippen LogP contribution in [0, 0.1) is 0 Å². The molecule has 0 spiro atoms. The van der Waals surface area contributed by atoms with Gasteiger partial charge in [0.15, 0.2) is 9.84 Å². The third-order valence-corrected chi connectivity index (χ3v) is 2.37. The predicted molar refractivity (Wildman–Crippen MR) is 57.1 cm³/mol. The minimum atomic E-state index is -3.12. The first-order valence-corrected chi connectivity index (χ1v) is 5.53. The highest BCUT2D eigenvalue weighted by atomic mass is 32.2. The normalized spacial score (nSPS) is 12.4. The minimum absolute atomic E-state index is 0.00278. The molecule has 0 atom stereocenters. The summed E-state index contributed by atoms with van der Waals surface area (Å²) < 4.78 is 22.4. The lowest BCUT2D eigenvalue weighted by Crippen LogP contribution is -1.98. The zero-order valence-electron chi connectivity index (χ0n) is 7.73. The van der Waals surface area contributed by atoms with E-state index in [0.29, 0.717) is 0 Å². The molecule has 0 unspecified atom stereocenters. The number of hydrogen-bond acceptors (Lipinski definition) is 2. The topological polar surface area (TPSA) is 34.1 Å². The molecule has 2 nitrogen and oxygen atoms in total. The number of sulfone groups is 1. The minimum Gasteiger partial charge on any atom is -0.224 e. The molecule has 0 aromatic heterocycles. The number of rotatable bonds is 5. The van der Waals surface area contributed by atoms with Crippen molar-refractivity contribution >= 4 is 9.84 Å². The van der Waals surface area contributed by atoms with Gasteiger partial charge in [-0.15, -0.1) is 0 Å². The summed E-state index contributed by atoms with van der Waals surface area (Å²) in [6, 6.07) is 0. The molecule has 0 aromatic rings. The van der Waals surface area contributed by atoms with E-state index >= 15 is 0 Å². The fourth-order valence-corrected chi connectivity index (χ4v) is 1.49. The molecule has 0 aliphatic heterocycles. The smallest absolute Gasteiger partial charge is 0.175 e. The second kappa shape index (κ2) is 5.54. The van der Waals surface area contributed by atoms with Gasteiger partial charge >= 0.3 is 0 Å². The average molecular weight is 198 g/mol. The van der Waals surface area contributed by atoms with Gasteiger partial charge in [-0.3, -0.25) is 0 Å². The monoisotopic (exact) mass is 198 g/mol. The van der Waals surface area contributed by atoms with Crippen molar-refractivity contribution in [2.45, 2.75) is 6.92 Å². The van der Waals surface area contributed by atoms with Crippen LogP contribution in [0.1, 0.15) is 6.92 Å². The SMILES string of the molecule is C=CC=CCS(=O)(=O)C=CC(=C)C. The van der Waals surface area contributed by atoms with Crippen LogP contribution in [0.2, 0.25) is 0 Å². The largest absolute Gasteiger partial charge is 0.224 e. The first-order chi connectivity index (χ1) is 5.98. The van der Waals surface area contributed by atoms with Crippen LogP contribution >= 0.6 is 0 Å². The number of hydrogen-bond donors (Lipinski definition) is 0. The van der Waals surface area contributed by atoms with Gasteiger partial charge in [0.1, 0.15) is 0 Å². The highest BCUT2D eigenvalue weighted by Gasteiger charge is 2.00. The molecule has 72 valence electrons. The van der Waals surface area contributed by atoms with Gasteiger partial charge in [-0.05, 0) is 13.0 Å². The van der Waals surface area contributed by atoms with Gasteiger partial charge in [0.2, 0.25) is 0 Å². The van der Waals surface area contributed by atoms with E-state index in [9.17, 15) is 8.42 Å². The molecule has 0 aromatic carbocycles. The quantitative estimate of drug-likeness (QED) is 0.635. The summed E-state index contributed by atoms with van der Waals surface area (Å²) in [5.41, 5.74) is 0.719. The molecule has 0 saturated carbocycles. The van der Waals surface area contributed by atoms with Crippen molar-refractivity contribution < 1.29 is 8.42 Å². The molecular weight excluding hydrogens is 184 g/mol. The summed E-state index contributed by atoms with van der Waals surface area (Å²) >= 11 is 0. The molecule has 3 heteroatoms. The highest BCUT2D eigenvalue weighted by molar-refractivity contribution is 7.94. The third kappa shape index (κ3) is 7.28. The standard InChI is InChI=1S/C10H14O2S/c1-4-5-6-8-13(11,12)9-7-10(2)3/h4-7,9H,1-2,8H2,3H3. The number of allylic oxidation sites excluding steroid dienone is 4. The van der Waals surface area contributed by atoms with Crippen LogP contribution in [0.15, 0.2) is 48.4 Å². The maximum absolute atomic E-state index is 11.2. The fraction of sp³-hybridized carbons (Fsp3) is 0.200. The summed E-state index contributed by atoms with van der Waals surface area (Å²) in [5.74, 6) is 0.00278. The van der Waals surface area contributed by atoms with Crippen LogP contribution in [0.25, 0.3) is 0 Å². The van der Waals surface area contributed by atoms with Crippen molar-refractivity contribution in [1.82, 2.24) is 0 Å². The van der Waals surface area contributed by atoms with E-state index in [1.807, 2.05) is 0 Å². The zero-order chi connectivity index (χ0) is 10.3. The van der Waals surface area contributed by atoms with Crippen LogP contribution < -0.4 is 0 Å². The van der Waals surface area contributed by atoms with E-state index in [2.05, 4.69) is 13.2 Å². The Labute approximate surface area is 79.9 Å². The van der Waals surface area contributed by atoms with Crippen molar-refractivity contribution in [3.63, 3.8) is 0 Å². The van der Waals surface area contributed by atoms with Crippen molar-refractivity contribution in [2.75, 3.05) is 5.75 Å². The Kier molecular flexibility index (Phi) is 5.07. The maximum Gasteiger partial charge on any atom is 0.175 e. The van der Waals surface area contributed by atoms with E-state index in [0.717, 1.165) is 5.57 Å². The fourth-order valence-electron chi connectivity index (χ4n) is 0.561. The Bertz CT molecular complexity index is 332. The molecule has 0 rings (SSSR count). The molecule has 0 heterocycles. The van der Waals surface area contributed by atoms with E-state index in [1.54, 1.807) is 19.1 Å². The summed E-state index contributed by atoms with van der Waals surface area (Å²) in [7, 11) is -3.12. The molecule has 0 fully saturated rings. The van der Waals surface area contributed by atoms with Gasteiger partial charge in [0.05, 0.1) is 5.75 Å². The van der Waals surface area contributed by atoms with Gasteiger partial charge in [-0.1, -0.05) is 37.0 Å². The lowest BCUT2D eigenvalue weighted by Gasteiger charge is -1.91. The van der Waals surface area contributed by atoms with Gasteiger partial charge in [0, 0.05) is 5.41 Å². The lowest BCUT2D eigenvalue weighted by atomic mass is 10.4. The summed E-state index contributed by atoms with van der Waals surface area (Å²) in [4.78, 5) is 0. The molecule has 13 heavy (non-hydrogen) atoms. The Morgan fingerprint density at radius 2 is 2.08 bits per heavy atom. The molecule has 0 N–H and O–H groups in total. The second-order valence-corrected chi connectivity index (χ2v) is 4.57. The third-order valence-electron chi connectivity index (χ3n) is 1.16. The predicted octanol–water partition coefficient (Wildman–Crippen LogP) is 2.23. The second-order valence-electron chi connectivity index (χ2n) is 2.64. The molecule has 0 amide bonds. The zero-order valence-corrected chi connectivity index (χ0v) is 8.55. The van der Waals surface area contributed by atoms with Crippen molar-refractivity contribution in [1.29, 1.82) is 0 Å². The molecule has 0 bridgehead atoms. The first kappa shape index (κ1) is 11.9. The van der Waals surface area contributed by atoms with E-state index in [-0.39, 0.29) is 5.75 Å². The average Bonchev–Trinajstić information content (AvgIpc) is 2.02. The van der Waals surface area contributed by atoms with Crippen LogP contribution in [0.4, 0.5) is 0 Å². The molecule has 0 aliphatic carbocycles. The Morgan fingerprint density at radius 1 is 1.46 bits per heavy atom. The van der Waals surface area contributed by atoms with Crippen molar-refractivity contribution in [3.8, 4) is 0 Å². The van der Waals surface area contributed by atoms with E-state index in [4.69, 9.17) is 0 Å². The maximum atomic E-state index is 11.2. The Morgan fingerprint density at radius 3 is 2.54 bits per heavy atom. The summed E-state index contributed by atoms with van der Waals surface area (Å²) in [5, 5.41) is 1.17. The molecule has 0 radical (unpaired) electrons. The van der Waals surface area contributed by atoms with Crippen molar-refractivity contribution in [3.05, 3.63) is 48.4 Å². The van der Waals surface area contributed by atoms with Crippen LogP contribution in [-0.4, -0.2) is 14.2 Å².